The zero-order valence-electron chi connectivity index (χ0n) is 15.4. The molecule has 0 saturated carbocycles. The summed E-state index contributed by atoms with van der Waals surface area (Å²) < 4.78 is 0.968. The average Bonchev–Trinajstić information content (AvgIpc) is 2.74. The number of rotatable bonds is 3. The predicted molar refractivity (Wildman–Crippen MR) is 113 cm³/mol. The van der Waals surface area contributed by atoms with Crippen molar-refractivity contribution in [1.29, 1.82) is 0 Å². The van der Waals surface area contributed by atoms with Crippen LogP contribution in [0.4, 0.5) is 5.69 Å². The van der Waals surface area contributed by atoms with Crippen molar-refractivity contribution in [2.24, 2.45) is 0 Å². The monoisotopic (exact) mass is 509 g/mol. The van der Waals surface area contributed by atoms with E-state index in [1.165, 1.54) is 11.1 Å². The molecular weight excluding hydrogens is 494 g/mol. The molecule has 0 amide bonds. The Labute approximate surface area is 187 Å². The van der Waals surface area contributed by atoms with Gasteiger partial charge in [0.15, 0.2) is 11.3 Å². The number of Topliss-reactive ketones (excluding diaryl/α,β-unsaturated/α-hetero) is 1. The molecule has 1 aliphatic heterocycles. The minimum absolute atomic E-state index is 0. The molecule has 4 nitrogen and oxygen atoms in total. The lowest BCUT2D eigenvalue weighted by Gasteiger charge is -2.32. The summed E-state index contributed by atoms with van der Waals surface area (Å²) in [6, 6.07) is 20.1. The molecule has 6 heteroatoms. The number of nitrogens with one attached hydrogen (secondary N) is 1. The highest BCUT2D eigenvalue weighted by Gasteiger charge is 2.27. The molecule has 0 unspecified atom stereocenters. The fourth-order valence-corrected chi connectivity index (χ4v) is 4.11. The Morgan fingerprint density at radius 2 is 1.86 bits per heavy atom. The van der Waals surface area contributed by atoms with E-state index in [1.54, 1.807) is 6.33 Å². The second kappa shape index (κ2) is 8.05. The van der Waals surface area contributed by atoms with Gasteiger partial charge in [-0.15, -0.1) is 0 Å². The van der Waals surface area contributed by atoms with E-state index in [-0.39, 0.29) is 22.8 Å². The number of halogens is 2. The molecule has 4 aromatic rings. The zero-order chi connectivity index (χ0) is 19.1. The number of hydrogen-bond acceptors (Lipinski definition) is 3. The smallest absolute Gasteiger partial charge is 0.284 e. The van der Waals surface area contributed by atoms with Crippen LogP contribution in [0.1, 0.15) is 15.9 Å². The third-order valence-corrected chi connectivity index (χ3v) is 5.71. The third kappa shape index (κ3) is 3.58. The quantitative estimate of drug-likeness (QED) is 0.394. The van der Waals surface area contributed by atoms with Crippen LogP contribution in [0, 0.1) is 0 Å². The number of nitrogens with zero attached hydrogens (tertiary/aromatic N) is 2. The summed E-state index contributed by atoms with van der Waals surface area (Å²) in [5, 5.41) is 1.05. The Bertz CT molecular complexity index is 1210. The molecule has 0 aliphatic carbocycles. The molecule has 0 radical (unpaired) electrons. The fraction of sp³-hybridized carbons (Fsp3) is 0.0870. The molecule has 0 spiro atoms. The van der Waals surface area contributed by atoms with Crippen LogP contribution in [0.3, 0.4) is 0 Å². The van der Waals surface area contributed by atoms with Gasteiger partial charge in [0.1, 0.15) is 0 Å². The number of anilines is 1. The van der Waals surface area contributed by atoms with Gasteiger partial charge in [0.25, 0.3) is 6.33 Å². The van der Waals surface area contributed by atoms with Crippen LogP contribution < -0.4 is 26.9 Å². The van der Waals surface area contributed by atoms with Crippen molar-refractivity contribution in [3.8, 4) is 11.1 Å². The summed E-state index contributed by atoms with van der Waals surface area (Å²) in [4.78, 5) is 22.7. The van der Waals surface area contributed by atoms with Crippen LogP contribution >= 0.6 is 15.9 Å². The molecule has 0 bridgehead atoms. The molecule has 1 N–H and O–H groups in total. The number of aromatic amines is 1. The summed E-state index contributed by atoms with van der Waals surface area (Å²) in [5.41, 5.74) is 6.21. The van der Waals surface area contributed by atoms with Gasteiger partial charge in [-0.3, -0.25) is 4.79 Å². The molecule has 5 rings (SSSR count). The second-order valence-electron chi connectivity index (χ2n) is 6.91. The van der Waals surface area contributed by atoms with Crippen LogP contribution in [0.5, 0.6) is 0 Å². The molecule has 3 aromatic carbocycles. The Balaban J connectivity index is 0.00000205. The summed E-state index contributed by atoms with van der Waals surface area (Å²) >= 11 is 3.42. The first-order valence-corrected chi connectivity index (χ1v) is 9.91. The molecule has 1 aliphatic rings. The Hall–Kier alpha value is -2.57. The van der Waals surface area contributed by atoms with Crippen LogP contribution in [0.15, 0.2) is 77.7 Å². The number of aromatic nitrogens is 2. The summed E-state index contributed by atoms with van der Waals surface area (Å²) in [7, 11) is 0. The van der Waals surface area contributed by atoms with Crippen molar-refractivity contribution >= 4 is 38.3 Å². The summed E-state index contributed by atoms with van der Waals surface area (Å²) in [6.45, 7) is 1.03. The van der Waals surface area contributed by atoms with Crippen LogP contribution in [-0.4, -0.2) is 17.3 Å². The number of hydrogen-bond donors (Lipinski definition) is 0. The number of fused-ring (bicyclic) bond motifs is 5. The van der Waals surface area contributed by atoms with Crippen molar-refractivity contribution in [2.75, 3.05) is 11.4 Å². The Morgan fingerprint density at radius 3 is 2.69 bits per heavy atom. The van der Waals surface area contributed by atoms with Gasteiger partial charge in [-0.05, 0) is 40.4 Å². The molecule has 144 valence electrons. The maximum absolute atomic E-state index is 12.9. The van der Waals surface area contributed by atoms with E-state index < -0.39 is 0 Å². The molecular formula is C23H17Br2N3O. The van der Waals surface area contributed by atoms with Crippen molar-refractivity contribution < 1.29 is 26.8 Å². The lowest BCUT2D eigenvalue weighted by Crippen LogP contribution is -3.00. The first kappa shape index (κ1) is 19.7. The molecule has 29 heavy (non-hydrogen) atoms. The highest BCUT2D eigenvalue weighted by Crippen LogP contribution is 2.42. The van der Waals surface area contributed by atoms with E-state index in [2.05, 4.69) is 61.1 Å². The maximum Gasteiger partial charge on any atom is 0.284 e. The van der Waals surface area contributed by atoms with Gasteiger partial charge in [0.05, 0.1) is 23.7 Å². The van der Waals surface area contributed by atoms with E-state index >= 15 is 0 Å². The highest BCUT2D eigenvalue weighted by atomic mass is 79.9. The minimum Gasteiger partial charge on any atom is -1.00 e. The van der Waals surface area contributed by atoms with E-state index in [0.717, 1.165) is 32.2 Å². The van der Waals surface area contributed by atoms with Crippen molar-refractivity contribution in [3.05, 3.63) is 88.8 Å². The van der Waals surface area contributed by atoms with Crippen LogP contribution in [-0.2, 0) is 6.54 Å². The van der Waals surface area contributed by atoms with Gasteiger partial charge in [-0.1, -0.05) is 52.3 Å². The SMILES string of the molecule is O=C(CN1Cc2ccccc2-c2c1ccc1c[nH+]cnc21)c1ccc(Br)cc1.[Br-]. The van der Waals surface area contributed by atoms with Crippen LogP contribution in [0.2, 0.25) is 0 Å². The molecule has 0 atom stereocenters. The van der Waals surface area contributed by atoms with E-state index in [4.69, 9.17) is 0 Å². The number of benzene rings is 3. The Kier molecular flexibility index (Phi) is 5.48. The van der Waals surface area contributed by atoms with E-state index in [0.29, 0.717) is 13.1 Å². The molecule has 0 fully saturated rings. The van der Waals surface area contributed by atoms with Crippen molar-refractivity contribution in [3.63, 3.8) is 0 Å². The Morgan fingerprint density at radius 1 is 1.07 bits per heavy atom. The second-order valence-corrected chi connectivity index (χ2v) is 7.83. The van der Waals surface area contributed by atoms with Crippen molar-refractivity contribution in [2.45, 2.75) is 6.54 Å². The number of ketones is 1. The van der Waals surface area contributed by atoms with Gasteiger partial charge in [0, 0.05) is 22.3 Å². The standard InChI is InChI=1S/C23H16BrN3O.BrH/c24-18-8-5-15(6-9-18)21(28)13-27-12-17-3-1-2-4-19(17)22-20(27)10-7-16-11-25-14-26-23(16)22;/h1-11,14H,12-13H2;1H. The molecule has 2 heterocycles. The predicted octanol–water partition coefficient (Wildman–Crippen LogP) is 1.69. The van der Waals surface area contributed by atoms with E-state index in [1.807, 2.05) is 36.5 Å². The number of carbonyl (C=O) groups is 1. The van der Waals surface area contributed by atoms with Gasteiger partial charge in [-0.2, -0.15) is 0 Å². The topological polar surface area (TPSA) is 47.3 Å². The van der Waals surface area contributed by atoms with Gasteiger partial charge in [0.2, 0.25) is 0 Å². The van der Waals surface area contributed by atoms with Crippen molar-refractivity contribution in [1.82, 2.24) is 4.98 Å². The average molecular weight is 511 g/mol. The first-order chi connectivity index (χ1) is 13.7. The number of carbonyl (C=O) groups excluding carboxylic acids is 1. The minimum atomic E-state index is 0. The van der Waals surface area contributed by atoms with Gasteiger partial charge < -0.3 is 21.9 Å². The van der Waals surface area contributed by atoms with E-state index in [9.17, 15) is 4.79 Å². The lowest BCUT2D eigenvalue weighted by atomic mass is 9.91. The third-order valence-electron chi connectivity index (χ3n) is 5.18. The fourth-order valence-electron chi connectivity index (χ4n) is 3.84. The summed E-state index contributed by atoms with van der Waals surface area (Å²) in [6.07, 6.45) is 3.66. The van der Waals surface area contributed by atoms with Gasteiger partial charge in [-0.25, -0.2) is 4.98 Å². The van der Waals surface area contributed by atoms with Gasteiger partial charge >= 0.3 is 0 Å². The lowest BCUT2D eigenvalue weighted by molar-refractivity contribution is -0.380. The first-order valence-electron chi connectivity index (χ1n) is 9.11. The van der Waals surface area contributed by atoms with Crippen LogP contribution in [0.25, 0.3) is 22.0 Å². The largest absolute Gasteiger partial charge is 1.00 e. The summed E-state index contributed by atoms with van der Waals surface area (Å²) in [5.74, 6) is 0.104. The number of H-pyrrole nitrogens is 1. The molecule has 0 saturated heterocycles. The molecule has 1 aromatic heterocycles. The maximum atomic E-state index is 12.9. The highest BCUT2D eigenvalue weighted by molar-refractivity contribution is 9.10. The zero-order valence-corrected chi connectivity index (χ0v) is 18.6. The normalized spacial score (nSPS) is 12.1.